The quantitative estimate of drug-likeness (QED) is 0.863. The summed E-state index contributed by atoms with van der Waals surface area (Å²) < 4.78 is 5.68. The summed E-state index contributed by atoms with van der Waals surface area (Å²) in [5.41, 5.74) is -0.183. The Morgan fingerprint density at radius 3 is 2.79 bits per heavy atom. The molecule has 0 unspecified atom stereocenters. The van der Waals surface area contributed by atoms with Gasteiger partial charge in [-0.15, -0.1) is 11.6 Å². The molecule has 14 heavy (non-hydrogen) atoms. The predicted octanol–water partition coefficient (Wildman–Crippen LogP) is 2.54. The van der Waals surface area contributed by atoms with Crippen LogP contribution in [0.25, 0.3) is 0 Å². The van der Waals surface area contributed by atoms with Gasteiger partial charge in [0.1, 0.15) is 0 Å². The van der Waals surface area contributed by atoms with Crippen molar-refractivity contribution in [3.05, 3.63) is 22.6 Å². The van der Waals surface area contributed by atoms with Crippen LogP contribution >= 0.6 is 27.5 Å². The first-order valence-corrected chi connectivity index (χ1v) is 5.62. The fraction of sp³-hybridized carbons (Fsp3) is 0.444. The normalized spacial score (nSPS) is 17.9. The molecule has 1 aliphatic carbocycles. The molecule has 0 spiro atoms. The van der Waals surface area contributed by atoms with Gasteiger partial charge in [-0.3, -0.25) is 4.79 Å². The molecule has 1 amide bonds. The Hall–Kier alpha value is -0.480. The van der Waals surface area contributed by atoms with Crippen molar-refractivity contribution in [3.8, 4) is 0 Å². The first kappa shape index (κ1) is 10.1. The lowest BCUT2D eigenvalue weighted by molar-refractivity contribution is 0.0906. The lowest BCUT2D eigenvalue weighted by Crippen LogP contribution is -2.37. The molecule has 2 rings (SSSR count). The number of carbonyl (C=O) groups excluding carboxylic acids is 1. The topological polar surface area (TPSA) is 42.2 Å². The summed E-state index contributed by atoms with van der Waals surface area (Å²) in [4.78, 5) is 11.6. The molecule has 0 aromatic carbocycles. The van der Waals surface area contributed by atoms with Crippen LogP contribution in [0.2, 0.25) is 0 Å². The average molecular weight is 279 g/mol. The average Bonchev–Trinajstić information content (AvgIpc) is 2.80. The van der Waals surface area contributed by atoms with E-state index >= 15 is 0 Å². The number of carbonyl (C=O) groups is 1. The second kappa shape index (κ2) is 3.59. The van der Waals surface area contributed by atoms with Crippen molar-refractivity contribution in [1.82, 2.24) is 5.32 Å². The van der Waals surface area contributed by atoms with E-state index in [9.17, 15) is 4.79 Å². The van der Waals surface area contributed by atoms with Gasteiger partial charge in [0.25, 0.3) is 5.91 Å². The SMILES string of the molecule is O=C(NC1(CCl)CC1)c1ccc(Br)o1. The van der Waals surface area contributed by atoms with Gasteiger partial charge in [0, 0.05) is 5.88 Å². The van der Waals surface area contributed by atoms with Crippen molar-refractivity contribution < 1.29 is 9.21 Å². The van der Waals surface area contributed by atoms with Crippen LogP contribution in [0.5, 0.6) is 0 Å². The third kappa shape index (κ3) is 1.96. The minimum atomic E-state index is -0.200. The molecule has 1 saturated carbocycles. The molecule has 3 nitrogen and oxygen atoms in total. The van der Waals surface area contributed by atoms with E-state index in [2.05, 4.69) is 21.2 Å². The van der Waals surface area contributed by atoms with E-state index in [0.29, 0.717) is 16.3 Å². The second-order valence-corrected chi connectivity index (χ2v) is 4.52. The highest BCUT2D eigenvalue weighted by Gasteiger charge is 2.43. The Morgan fingerprint density at radius 1 is 1.64 bits per heavy atom. The largest absolute Gasteiger partial charge is 0.444 e. The molecule has 0 atom stereocenters. The molecular weight excluding hydrogens is 269 g/mol. The van der Waals surface area contributed by atoms with Gasteiger partial charge in [-0.25, -0.2) is 0 Å². The lowest BCUT2D eigenvalue weighted by Gasteiger charge is -2.11. The van der Waals surface area contributed by atoms with Crippen molar-refractivity contribution in [3.63, 3.8) is 0 Å². The Kier molecular flexibility index (Phi) is 2.58. The van der Waals surface area contributed by atoms with Gasteiger partial charge >= 0.3 is 0 Å². The van der Waals surface area contributed by atoms with Gasteiger partial charge in [0.05, 0.1) is 5.54 Å². The highest BCUT2D eigenvalue weighted by molar-refractivity contribution is 9.10. The van der Waals surface area contributed by atoms with Crippen molar-refractivity contribution in [2.45, 2.75) is 18.4 Å². The lowest BCUT2D eigenvalue weighted by atomic mass is 10.3. The number of alkyl halides is 1. The number of nitrogens with one attached hydrogen (secondary N) is 1. The number of amides is 1. The number of halogens is 2. The monoisotopic (exact) mass is 277 g/mol. The fourth-order valence-electron chi connectivity index (χ4n) is 1.18. The predicted molar refractivity (Wildman–Crippen MR) is 56.6 cm³/mol. The Labute approximate surface area is 94.9 Å². The molecule has 0 saturated heterocycles. The van der Waals surface area contributed by atoms with Crippen LogP contribution < -0.4 is 5.32 Å². The van der Waals surface area contributed by atoms with Gasteiger partial charge in [0.2, 0.25) is 0 Å². The Bertz CT molecular complexity index is 359. The van der Waals surface area contributed by atoms with E-state index in [1.54, 1.807) is 12.1 Å². The van der Waals surface area contributed by atoms with Crippen LogP contribution in [-0.4, -0.2) is 17.3 Å². The minimum absolute atomic E-state index is 0.183. The number of hydrogen-bond donors (Lipinski definition) is 1. The van der Waals surface area contributed by atoms with Crippen LogP contribution in [0.4, 0.5) is 0 Å². The van der Waals surface area contributed by atoms with Crippen LogP contribution in [0, 0.1) is 0 Å². The summed E-state index contributed by atoms with van der Waals surface area (Å²) in [5, 5.41) is 2.86. The molecule has 1 N–H and O–H groups in total. The maximum atomic E-state index is 11.6. The standard InChI is InChI=1S/C9H9BrClNO2/c10-7-2-1-6(14-7)8(13)12-9(5-11)3-4-9/h1-2H,3-5H2,(H,12,13). The second-order valence-electron chi connectivity index (χ2n) is 3.47. The van der Waals surface area contributed by atoms with Gasteiger partial charge in [0.15, 0.2) is 10.4 Å². The Morgan fingerprint density at radius 2 is 2.36 bits per heavy atom. The molecule has 1 fully saturated rings. The molecule has 0 bridgehead atoms. The van der Waals surface area contributed by atoms with Crippen molar-refractivity contribution in [2.24, 2.45) is 0 Å². The van der Waals surface area contributed by atoms with E-state index < -0.39 is 0 Å². The van der Waals surface area contributed by atoms with Crippen molar-refractivity contribution >= 4 is 33.4 Å². The molecular formula is C9H9BrClNO2. The Balaban J connectivity index is 2.03. The molecule has 76 valence electrons. The summed E-state index contributed by atoms with van der Waals surface area (Å²) >= 11 is 8.88. The maximum Gasteiger partial charge on any atom is 0.287 e. The zero-order chi connectivity index (χ0) is 10.2. The first-order valence-electron chi connectivity index (χ1n) is 4.29. The van der Waals surface area contributed by atoms with Crippen molar-refractivity contribution in [2.75, 3.05) is 5.88 Å². The number of rotatable bonds is 3. The summed E-state index contributed by atoms with van der Waals surface area (Å²) in [7, 11) is 0. The van der Waals surface area contributed by atoms with Crippen molar-refractivity contribution in [1.29, 1.82) is 0 Å². The summed E-state index contributed by atoms with van der Waals surface area (Å²) in [5.74, 6) is 0.572. The van der Waals surface area contributed by atoms with Gasteiger partial charge in [-0.2, -0.15) is 0 Å². The van der Waals surface area contributed by atoms with Gasteiger partial charge < -0.3 is 9.73 Å². The first-order chi connectivity index (χ1) is 6.65. The zero-order valence-electron chi connectivity index (χ0n) is 7.35. The third-order valence-electron chi connectivity index (χ3n) is 2.29. The smallest absolute Gasteiger partial charge is 0.287 e. The maximum absolute atomic E-state index is 11.6. The number of furan rings is 1. The van der Waals surface area contributed by atoms with Crippen LogP contribution in [0.15, 0.2) is 21.2 Å². The fourth-order valence-corrected chi connectivity index (χ4v) is 1.82. The minimum Gasteiger partial charge on any atom is -0.444 e. The zero-order valence-corrected chi connectivity index (χ0v) is 9.69. The molecule has 1 aromatic rings. The molecule has 0 aliphatic heterocycles. The van der Waals surface area contributed by atoms with Crippen LogP contribution in [0.1, 0.15) is 23.4 Å². The van der Waals surface area contributed by atoms with E-state index in [-0.39, 0.29) is 11.4 Å². The molecule has 5 heteroatoms. The summed E-state index contributed by atoms with van der Waals surface area (Å²) in [6.07, 6.45) is 1.90. The highest BCUT2D eigenvalue weighted by atomic mass is 79.9. The van der Waals surface area contributed by atoms with E-state index in [1.807, 2.05) is 0 Å². The van der Waals surface area contributed by atoms with E-state index in [0.717, 1.165) is 12.8 Å². The van der Waals surface area contributed by atoms with E-state index in [4.69, 9.17) is 16.0 Å². The molecule has 1 aliphatic rings. The van der Waals surface area contributed by atoms with Gasteiger partial charge in [-0.1, -0.05) is 0 Å². The summed E-state index contributed by atoms with van der Waals surface area (Å²) in [6, 6.07) is 3.32. The molecule has 0 radical (unpaired) electrons. The van der Waals surface area contributed by atoms with Gasteiger partial charge in [-0.05, 0) is 40.9 Å². The van der Waals surface area contributed by atoms with Crippen LogP contribution in [-0.2, 0) is 0 Å². The molecule has 1 heterocycles. The third-order valence-corrected chi connectivity index (χ3v) is 3.22. The highest BCUT2D eigenvalue weighted by Crippen LogP contribution is 2.36. The number of hydrogen-bond acceptors (Lipinski definition) is 2. The van der Waals surface area contributed by atoms with Crippen LogP contribution in [0.3, 0.4) is 0 Å². The van der Waals surface area contributed by atoms with E-state index in [1.165, 1.54) is 0 Å². The summed E-state index contributed by atoms with van der Waals surface area (Å²) in [6.45, 7) is 0. The molecule has 1 aromatic heterocycles.